The van der Waals surface area contributed by atoms with Crippen molar-refractivity contribution < 1.29 is 24.2 Å². The fourth-order valence-electron chi connectivity index (χ4n) is 6.36. The quantitative estimate of drug-likeness (QED) is 0.400. The molecular formula is C35H52N4O5. The van der Waals surface area contributed by atoms with Crippen LogP contribution in [0.2, 0.25) is 0 Å². The number of rotatable bonds is 8. The number of aromatic nitrogens is 1. The molecule has 2 amide bonds. The summed E-state index contributed by atoms with van der Waals surface area (Å²) < 4.78 is 12.8. The van der Waals surface area contributed by atoms with E-state index >= 15 is 0 Å². The number of benzene rings is 1. The van der Waals surface area contributed by atoms with Gasteiger partial charge in [0.05, 0.1) is 30.4 Å². The van der Waals surface area contributed by atoms with Gasteiger partial charge in [0.1, 0.15) is 5.75 Å². The van der Waals surface area contributed by atoms with Crippen molar-refractivity contribution in [2.45, 2.75) is 90.4 Å². The summed E-state index contributed by atoms with van der Waals surface area (Å²) >= 11 is 0. The van der Waals surface area contributed by atoms with E-state index in [1.807, 2.05) is 13.8 Å². The van der Waals surface area contributed by atoms with Crippen LogP contribution in [0, 0.1) is 11.8 Å². The third kappa shape index (κ3) is 9.74. The van der Waals surface area contributed by atoms with Crippen LogP contribution in [0.1, 0.15) is 92.9 Å². The van der Waals surface area contributed by atoms with Gasteiger partial charge in [-0.25, -0.2) is 0 Å². The molecule has 1 aliphatic heterocycles. The lowest BCUT2D eigenvalue weighted by atomic mass is 9.89. The zero-order chi connectivity index (χ0) is 31.5. The Kier molecular flexibility index (Phi) is 13.0. The van der Waals surface area contributed by atoms with Crippen LogP contribution in [0.3, 0.4) is 0 Å². The molecule has 242 valence electrons. The summed E-state index contributed by atoms with van der Waals surface area (Å²) in [6, 6.07) is 8.07. The van der Waals surface area contributed by atoms with E-state index in [0.29, 0.717) is 35.7 Å². The molecule has 1 fully saturated rings. The van der Waals surface area contributed by atoms with E-state index in [1.165, 1.54) is 32.1 Å². The molecule has 1 saturated carbocycles. The summed E-state index contributed by atoms with van der Waals surface area (Å²) in [5.41, 5.74) is 1.33. The summed E-state index contributed by atoms with van der Waals surface area (Å²) in [7, 11) is 2.19. The highest BCUT2D eigenvalue weighted by Crippen LogP contribution is 2.29. The number of carbonyl (C=O) groups is 2. The highest BCUT2D eigenvalue weighted by atomic mass is 16.5. The van der Waals surface area contributed by atoms with Gasteiger partial charge in [-0.3, -0.25) is 14.6 Å². The Balaban J connectivity index is 1.59. The molecule has 44 heavy (non-hydrogen) atoms. The zero-order valence-corrected chi connectivity index (χ0v) is 27.0. The maximum Gasteiger partial charge on any atom is 0.258 e. The predicted octanol–water partition coefficient (Wildman–Crippen LogP) is 5.64. The van der Waals surface area contributed by atoms with Crippen molar-refractivity contribution in [1.82, 2.24) is 14.8 Å². The van der Waals surface area contributed by atoms with Crippen LogP contribution in [0.4, 0.5) is 5.69 Å². The maximum absolute atomic E-state index is 14.3. The number of hydrogen-bond donors (Lipinski definition) is 2. The molecule has 9 heteroatoms. The van der Waals surface area contributed by atoms with Gasteiger partial charge in [-0.05, 0) is 89.2 Å². The predicted molar refractivity (Wildman–Crippen MR) is 173 cm³/mol. The number of pyridine rings is 1. The number of likely N-dealkylation sites (N-methyl/N-ethyl adjacent to an activating group) is 1. The topological polar surface area (TPSA) is 104 Å². The molecule has 0 bridgehead atoms. The first-order valence-corrected chi connectivity index (χ1v) is 16.5. The van der Waals surface area contributed by atoms with Gasteiger partial charge < -0.3 is 29.7 Å². The molecule has 0 spiro atoms. The van der Waals surface area contributed by atoms with Crippen LogP contribution < -0.4 is 10.1 Å². The fourth-order valence-corrected chi connectivity index (χ4v) is 6.36. The molecule has 0 saturated heterocycles. The first kappa shape index (κ1) is 33.9. The molecule has 0 radical (unpaired) electrons. The molecular weight excluding hydrogens is 556 g/mol. The lowest BCUT2D eigenvalue weighted by Gasteiger charge is -2.36. The van der Waals surface area contributed by atoms with Crippen LogP contribution in [0.25, 0.3) is 0 Å². The first-order valence-electron chi connectivity index (χ1n) is 16.5. The molecule has 1 aliphatic carbocycles. The maximum atomic E-state index is 14.3. The van der Waals surface area contributed by atoms with Crippen molar-refractivity contribution in [2.24, 2.45) is 11.8 Å². The largest absolute Gasteiger partial charge is 0.490 e. The summed E-state index contributed by atoms with van der Waals surface area (Å²) in [5.74, 6) is 0.710. The van der Waals surface area contributed by atoms with Gasteiger partial charge in [-0.15, -0.1) is 0 Å². The minimum Gasteiger partial charge on any atom is -0.490 e. The zero-order valence-electron chi connectivity index (χ0n) is 27.0. The van der Waals surface area contributed by atoms with E-state index in [1.54, 1.807) is 47.6 Å². The number of hydrogen-bond acceptors (Lipinski definition) is 7. The van der Waals surface area contributed by atoms with Crippen molar-refractivity contribution in [3.8, 4) is 5.75 Å². The smallest absolute Gasteiger partial charge is 0.258 e. The Morgan fingerprint density at radius 1 is 1.07 bits per heavy atom. The number of nitrogens with one attached hydrogen (secondary N) is 1. The molecule has 2 aromatic rings. The van der Waals surface area contributed by atoms with Crippen LogP contribution >= 0.6 is 0 Å². The first-order chi connectivity index (χ1) is 21.2. The Bertz CT molecular complexity index is 1190. The van der Waals surface area contributed by atoms with Gasteiger partial charge in [0, 0.05) is 55.8 Å². The van der Waals surface area contributed by atoms with Gasteiger partial charge >= 0.3 is 0 Å². The standard InChI is InChI=1S/C35H52N4O5/c1-25-21-39(26(2)24-40)35(42)31-20-30(37-34(41)29-15-17-36-18-16-29)13-14-32(31)44-27(3)10-8-9-19-43-33(25)23-38(4)22-28-11-6-5-7-12-28/h13-18,20,25-28,33,40H,5-12,19,21-24H2,1-4H3,(H,37,41)/t25-,26-,27+,33-/m1/s1. The van der Waals surface area contributed by atoms with Crippen LogP contribution in [0.5, 0.6) is 5.75 Å². The molecule has 1 aromatic heterocycles. The number of aliphatic hydroxyl groups excluding tert-OH is 1. The van der Waals surface area contributed by atoms with Crippen molar-refractivity contribution in [1.29, 1.82) is 0 Å². The van der Waals surface area contributed by atoms with Crippen molar-refractivity contribution >= 4 is 17.5 Å². The molecule has 1 aromatic carbocycles. The van der Waals surface area contributed by atoms with E-state index < -0.39 is 6.04 Å². The minimum absolute atomic E-state index is 0.0302. The number of carbonyl (C=O) groups excluding carboxylic acids is 2. The number of fused-ring (bicyclic) bond motifs is 1. The van der Waals surface area contributed by atoms with Crippen molar-refractivity contribution in [2.75, 3.05) is 45.2 Å². The average molecular weight is 609 g/mol. The lowest BCUT2D eigenvalue weighted by Crippen LogP contribution is -2.47. The summed E-state index contributed by atoms with van der Waals surface area (Å²) in [6.45, 7) is 8.80. The SMILES string of the molecule is C[C@@H]1CN([C@H](C)CO)C(=O)c2cc(NC(=O)c3ccncc3)ccc2O[C@@H](C)CCCCO[C@@H]1CN(C)CC1CCCCC1. The van der Waals surface area contributed by atoms with E-state index in [9.17, 15) is 14.7 Å². The van der Waals surface area contributed by atoms with E-state index in [-0.39, 0.29) is 36.5 Å². The number of anilines is 1. The van der Waals surface area contributed by atoms with Gasteiger partial charge in [-0.2, -0.15) is 0 Å². The summed E-state index contributed by atoms with van der Waals surface area (Å²) in [5, 5.41) is 13.1. The monoisotopic (exact) mass is 608 g/mol. The number of ether oxygens (including phenoxy) is 2. The number of amides is 2. The van der Waals surface area contributed by atoms with Crippen LogP contribution in [-0.4, -0.2) is 89.9 Å². The van der Waals surface area contributed by atoms with Gasteiger partial charge in [0.2, 0.25) is 0 Å². The molecule has 9 nitrogen and oxygen atoms in total. The second-order valence-corrected chi connectivity index (χ2v) is 12.9. The summed E-state index contributed by atoms with van der Waals surface area (Å²) in [4.78, 5) is 35.3. The third-order valence-corrected chi connectivity index (χ3v) is 9.04. The van der Waals surface area contributed by atoms with Gasteiger partial charge in [0.25, 0.3) is 11.8 Å². The second kappa shape index (κ2) is 16.9. The minimum atomic E-state index is -0.418. The third-order valence-electron chi connectivity index (χ3n) is 9.04. The Labute approximate surface area is 263 Å². The van der Waals surface area contributed by atoms with Crippen LogP contribution in [-0.2, 0) is 4.74 Å². The summed E-state index contributed by atoms with van der Waals surface area (Å²) in [6.07, 6.45) is 12.3. The normalized spacial score (nSPS) is 23.4. The fraction of sp³-hybridized carbons (Fsp3) is 0.629. The van der Waals surface area contributed by atoms with Crippen LogP contribution in [0.15, 0.2) is 42.7 Å². The molecule has 2 N–H and O–H groups in total. The number of aliphatic hydroxyl groups is 1. The Hall–Kier alpha value is -3.01. The Morgan fingerprint density at radius 2 is 1.80 bits per heavy atom. The van der Waals surface area contributed by atoms with Crippen molar-refractivity contribution in [3.63, 3.8) is 0 Å². The second-order valence-electron chi connectivity index (χ2n) is 12.9. The lowest BCUT2D eigenvalue weighted by molar-refractivity contribution is -0.0190. The van der Waals surface area contributed by atoms with Gasteiger partial charge in [0.15, 0.2) is 0 Å². The van der Waals surface area contributed by atoms with E-state index in [0.717, 1.165) is 38.3 Å². The highest BCUT2D eigenvalue weighted by molar-refractivity contribution is 6.05. The average Bonchev–Trinajstić information content (AvgIpc) is 3.03. The molecule has 4 rings (SSSR count). The molecule has 2 heterocycles. The number of nitrogens with zero attached hydrogens (tertiary/aromatic N) is 3. The highest BCUT2D eigenvalue weighted by Gasteiger charge is 2.31. The molecule has 2 aliphatic rings. The van der Waals surface area contributed by atoms with E-state index in [2.05, 4.69) is 29.2 Å². The van der Waals surface area contributed by atoms with E-state index in [4.69, 9.17) is 9.47 Å². The molecule has 4 atom stereocenters. The van der Waals surface area contributed by atoms with Gasteiger partial charge in [-0.1, -0.05) is 26.2 Å². The van der Waals surface area contributed by atoms with Crippen molar-refractivity contribution in [3.05, 3.63) is 53.9 Å². The molecule has 0 unspecified atom stereocenters. The Morgan fingerprint density at radius 3 is 2.52 bits per heavy atom.